The normalized spacial score (nSPS) is 12.0. The van der Waals surface area contributed by atoms with E-state index in [0.29, 0.717) is 12.2 Å². The zero-order valence-electron chi connectivity index (χ0n) is 22.8. The molecule has 0 bridgehead atoms. The van der Waals surface area contributed by atoms with Crippen LogP contribution in [0.3, 0.4) is 0 Å². The number of benzene rings is 3. The van der Waals surface area contributed by atoms with E-state index in [1.54, 1.807) is 49.4 Å². The van der Waals surface area contributed by atoms with Crippen LogP contribution in [-0.2, 0) is 26.2 Å². The van der Waals surface area contributed by atoms with Crippen LogP contribution in [0.5, 0.6) is 0 Å². The molecule has 0 aliphatic heterocycles. The van der Waals surface area contributed by atoms with Gasteiger partial charge in [-0.25, -0.2) is 8.42 Å². The fourth-order valence-electron chi connectivity index (χ4n) is 4.10. The first kappa shape index (κ1) is 28.9. The summed E-state index contributed by atoms with van der Waals surface area (Å²) < 4.78 is 28.8. The van der Waals surface area contributed by atoms with Crippen LogP contribution in [-0.4, -0.2) is 44.3 Å². The van der Waals surface area contributed by atoms with E-state index in [1.807, 2.05) is 58.0 Å². The van der Waals surface area contributed by atoms with E-state index in [1.165, 1.54) is 4.90 Å². The molecule has 2 amide bonds. The Kier molecular flexibility index (Phi) is 9.69. The predicted octanol–water partition coefficient (Wildman–Crippen LogP) is 4.75. The Balaban J connectivity index is 2.03. The number of hydrogen-bond acceptors (Lipinski definition) is 4. The highest BCUT2D eigenvalue weighted by Gasteiger charge is 2.32. The molecule has 0 fully saturated rings. The average molecular weight is 536 g/mol. The number of nitrogens with one attached hydrogen (secondary N) is 1. The monoisotopic (exact) mass is 535 g/mol. The summed E-state index contributed by atoms with van der Waals surface area (Å²) in [7, 11) is -4.07. The molecule has 8 heteroatoms. The number of carbonyl (C=O) groups excluding carboxylic acids is 2. The molecular formula is C30H37N3O4S. The maximum Gasteiger partial charge on any atom is 0.264 e. The van der Waals surface area contributed by atoms with Gasteiger partial charge in [0, 0.05) is 13.1 Å². The maximum atomic E-state index is 13.9. The molecule has 0 saturated carbocycles. The number of nitrogens with zero attached hydrogens (tertiary/aromatic N) is 2. The molecule has 0 saturated heterocycles. The molecule has 0 unspecified atom stereocenters. The molecule has 1 atom stereocenters. The first-order valence-electron chi connectivity index (χ1n) is 12.8. The second-order valence-electron chi connectivity index (χ2n) is 9.58. The van der Waals surface area contributed by atoms with Crippen molar-refractivity contribution in [1.82, 2.24) is 10.2 Å². The lowest BCUT2D eigenvalue weighted by atomic mass is 10.1. The lowest BCUT2D eigenvalue weighted by molar-refractivity contribution is -0.139. The molecule has 7 nitrogen and oxygen atoms in total. The van der Waals surface area contributed by atoms with E-state index in [2.05, 4.69) is 5.32 Å². The van der Waals surface area contributed by atoms with Crippen molar-refractivity contribution in [2.24, 2.45) is 0 Å². The summed E-state index contributed by atoms with van der Waals surface area (Å²) in [5, 5.41) is 2.86. The van der Waals surface area contributed by atoms with Crippen LogP contribution in [0.25, 0.3) is 0 Å². The number of rotatable bonds is 11. The number of carbonyl (C=O) groups is 2. The molecule has 3 aromatic rings. The first-order chi connectivity index (χ1) is 18.0. The lowest BCUT2D eigenvalue weighted by Crippen LogP contribution is -2.51. The van der Waals surface area contributed by atoms with Gasteiger partial charge in [-0.2, -0.15) is 0 Å². The van der Waals surface area contributed by atoms with Crippen LogP contribution in [0.1, 0.15) is 42.5 Å². The van der Waals surface area contributed by atoms with Gasteiger partial charge in [0.05, 0.1) is 10.6 Å². The third-order valence-electron chi connectivity index (χ3n) is 6.50. The summed E-state index contributed by atoms with van der Waals surface area (Å²) in [4.78, 5) is 28.4. The van der Waals surface area contributed by atoms with Gasteiger partial charge < -0.3 is 10.2 Å². The van der Waals surface area contributed by atoms with Gasteiger partial charge in [-0.3, -0.25) is 13.9 Å². The van der Waals surface area contributed by atoms with Gasteiger partial charge in [-0.15, -0.1) is 0 Å². The number of aryl methyl sites for hydroxylation is 3. The van der Waals surface area contributed by atoms with E-state index in [4.69, 9.17) is 0 Å². The largest absolute Gasteiger partial charge is 0.354 e. The zero-order chi connectivity index (χ0) is 27.9. The van der Waals surface area contributed by atoms with Crippen molar-refractivity contribution in [3.8, 4) is 0 Å². The SMILES string of the molecule is CCCNC(=O)[C@@H](C)N(Cc1ccccc1C)C(=O)CN(c1cccc(C)c1)S(=O)(=O)c1ccc(C)cc1. The predicted molar refractivity (Wildman–Crippen MR) is 151 cm³/mol. The Hall–Kier alpha value is -3.65. The van der Waals surface area contributed by atoms with E-state index in [0.717, 1.165) is 33.0 Å². The third-order valence-corrected chi connectivity index (χ3v) is 8.28. The van der Waals surface area contributed by atoms with Crippen LogP contribution in [0.2, 0.25) is 0 Å². The Morgan fingerprint density at radius 3 is 2.21 bits per heavy atom. The van der Waals surface area contributed by atoms with Gasteiger partial charge >= 0.3 is 0 Å². The lowest BCUT2D eigenvalue weighted by Gasteiger charge is -2.32. The Bertz CT molecular complexity index is 1370. The minimum absolute atomic E-state index is 0.0941. The van der Waals surface area contributed by atoms with Gasteiger partial charge in [0.15, 0.2) is 0 Å². The molecule has 3 aromatic carbocycles. The van der Waals surface area contributed by atoms with Crippen LogP contribution < -0.4 is 9.62 Å². The topological polar surface area (TPSA) is 86.8 Å². The fraction of sp³-hybridized carbons (Fsp3) is 0.333. The van der Waals surface area contributed by atoms with Crippen molar-refractivity contribution in [2.45, 2.75) is 58.5 Å². The third kappa shape index (κ3) is 7.01. The fourth-order valence-corrected chi connectivity index (χ4v) is 5.50. The van der Waals surface area contributed by atoms with Crippen molar-refractivity contribution < 1.29 is 18.0 Å². The second kappa shape index (κ2) is 12.7. The minimum Gasteiger partial charge on any atom is -0.354 e. The molecule has 0 heterocycles. The quantitative estimate of drug-likeness (QED) is 0.384. The van der Waals surface area contributed by atoms with Gasteiger partial charge in [-0.05, 0) is 75.1 Å². The highest BCUT2D eigenvalue weighted by Crippen LogP contribution is 2.26. The summed E-state index contributed by atoms with van der Waals surface area (Å²) in [6.45, 7) is 9.55. The minimum atomic E-state index is -4.07. The number of amides is 2. The standard InChI is InChI=1S/C30H37N3O4S/c1-6-18-31-30(35)25(5)32(20-26-12-8-7-11-24(26)4)29(34)21-33(27-13-9-10-23(3)19-27)38(36,37)28-16-14-22(2)15-17-28/h7-17,19,25H,6,18,20-21H2,1-5H3,(H,31,35)/t25-/m1/s1. The Morgan fingerprint density at radius 2 is 1.58 bits per heavy atom. The van der Waals surface area contributed by atoms with Gasteiger partial charge in [0.25, 0.3) is 10.0 Å². The Morgan fingerprint density at radius 1 is 0.895 bits per heavy atom. The van der Waals surface area contributed by atoms with Crippen molar-refractivity contribution in [3.05, 3.63) is 95.1 Å². The molecule has 0 aliphatic carbocycles. The summed E-state index contributed by atoms with van der Waals surface area (Å²) >= 11 is 0. The van der Waals surface area contributed by atoms with Gasteiger partial charge in [0.1, 0.15) is 12.6 Å². The number of anilines is 1. The molecular weight excluding hydrogens is 498 g/mol. The zero-order valence-corrected chi connectivity index (χ0v) is 23.6. The highest BCUT2D eigenvalue weighted by molar-refractivity contribution is 7.92. The molecule has 3 rings (SSSR count). The van der Waals surface area contributed by atoms with E-state index < -0.39 is 28.5 Å². The van der Waals surface area contributed by atoms with Crippen molar-refractivity contribution in [2.75, 3.05) is 17.4 Å². The number of hydrogen-bond donors (Lipinski definition) is 1. The molecule has 1 N–H and O–H groups in total. The highest BCUT2D eigenvalue weighted by atomic mass is 32.2. The summed E-state index contributed by atoms with van der Waals surface area (Å²) in [5.41, 5.74) is 4.05. The smallest absolute Gasteiger partial charge is 0.264 e. The van der Waals surface area contributed by atoms with Crippen LogP contribution in [0.15, 0.2) is 77.7 Å². The molecule has 0 aliphatic rings. The summed E-state index contributed by atoms with van der Waals surface area (Å²) in [5.74, 6) is -0.748. The molecule has 0 aromatic heterocycles. The average Bonchev–Trinajstić information content (AvgIpc) is 2.89. The maximum absolute atomic E-state index is 13.9. The molecule has 0 radical (unpaired) electrons. The first-order valence-corrected chi connectivity index (χ1v) is 14.3. The van der Waals surface area contributed by atoms with Crippen LogP contribution in [0.4, 0.5) is 5.69 Å². The van der Waals surface area contributed by atoms with E-state index in [9.17, 15) is 18.0 Å². The van der Waals surface area contributed by atoms with Gasteiger partial charge in [0.2, 0.25) is 11.8 Å². The summed E-state index contributed by atoms with van der Waals surface area (Å²) in [6.07, 6.45) is 0.764. The van der Waals surface area contributed by atoms with Crippen molar-refractivity contribution in [1.29, 1.82) is 0 Å². The van der Waals surface area contributed by atoms with Crippen LogP contribution >= 0.6 is 0 Å². The van der Waals surface area contributed by atoms with Crippen LogP contribution in [0, 0.1) is 20.8 Å². The molecule has 202 valence electrons. The van der Waals surface area contributed by atoms with E-state index in [-0.39, 0.29) is 17.3 Å². The summed E-state index contributed by atoms with van der Waals surface area (Å²) in [6, 6.07) is 20.4. The Labute approximate surface area is 226 Å². The second-order valence-corrected chi connectivity index (χ2v) is 11.4. The molecule has 0 spiro atoms. The van der Waals surface area contributed by atoms with Crippen molar-refractivity contribution in [3.63, 3.8) is 0 Å². The molecule has 38 heavy (non-hydrogen) atoms. The van der Waals surface area contributed by atoms with Crippen molar-refractivity contribution >= 4 is 27.5 Å². The van der Waals surface area contributed by atoms with E-state index >= 15 is 0 Å². The van der Waals surface area contributed by atoms with Gasteiger partial charge in [-0.1, -0.05) is 61.0 Å². The number of sulfonamides is 1.